The fourth-order valence-corrected chi connectivity index (χ4v) is 3.10. The summed E-state index contributed by atoms with van der Waals surface area (Å²) in [6, 6.07) is 16.5. The molecule has 0 atom stereocenters. The van der Waals surface area contributed by atoms with Crippen molar-refractivity contribution in [1.29, 1.82) is 0 Å². The predicted molar refractivity (Wildman–Crippen MR) is 96.6 cm³/mol. The van der Waals surface area contributed by atoms with E-state index >= 15 is 0 Å². The average molecular weight is 320 g/mol. The monoisotopic (exact) mass is 320 g/mol. The lowest BCUT2D eigenvalue weighted by atomic mass is 10.0. The van der Waals surface area contributed by atoms with Gasteiger partial charge in [-0.15, -0.1) is 0 Å². The van der Waals surface area contributed by atoms with Gasteiger partial charge in [-0.05, 0) is 23.3 Å². The molecule has 3 aromatic rings. The first kappa shape index (κ1) is 14.9. The molecule has 3 heterocycles. The van der Waals surface area contributed by atoms with Crippen molar-refractivity contribution in [2.45, 2.75) is 0 Å². The minimum Gasteiger partial charge on any atom is -0.481 e. The quantitative estimate of drug-likeness (QED) is 0.804. The van der Waals surface area contributed by atoms with E-state index in [1.54, 1.807) is 7.11 Å². The van der Waals surface area contributed by atoms with Gasteiger partial charge in [0.2, 0.25) is 5.88 Å². The molecule has 0 spiro atoms. The number of hydrogen-bond donors (Lipinski definition) is 1. The van der Waals surface area contributed by atoms with Gasteiger partial charge in [0.25, 0.3) is 0 Å². The largest absolute Gasteiger partial charge is 0.481 e. The van der Waals surface area contributed by atoms with Crippen molar-refractivity contribution in [3.05, 3.63) is 48.5 Å². The highest BCUT2D eigenvalue weighted by atomic mass is 16.5. The molecule has 1 aromatic carbocycles. The Hall–Kier alpha value is -2.66. The standard InChI is InChI=1S/C19H20N4O/c1-24-18-13-16(14-5-3-2-4-6-14)15-7-8-17(21-19(15)22-18)23-11-9-20-10-12-23/h2-8,13,20H,9-12H2,1H3. The van der Waals surface area contributed by atoms with Crippen molar-refractivity contribution in [2.75, 3.05) is 38.2 Å². The Bertz CT molecular complexity index is 845. The summed E-state index contributed by atoms with van der Waals surface area (Å²) in [5, 5.41) is 4.41. The molecule has 1 N–H and O–H groups in total. The molecule has 0 saturated carbocycles. The molecule has 1 fully saturated rings. The molecule has 4 rings (SSSR count). The number of benzene rings is 1. The SMILES string of the molecule is COc1cc(-c2ccccc2)c2ccc(N3CCNCC3)nc2n1. The van der Waals surface area contributed by atoms with E-state index in [2.05, 4.69) is 39.5 Å². The van der Waals surface area contributed by atoms with Crippen LogP contribution in [0.5, 0.6) is 5.88 Å². The van der Waals surface area contributed by atoms with Crippen molar-refractivity contribution < 1.29 is 4.74 Å². The molecule has 0 unspecified atom stereocenters. The fraction of sp³-hybridized carbons (Fsp3) is 0.263. The Morgan fingerprint density at radius 1 is 1.00 bits per heavy atom. The zero-order chi connectivity index (χ0) is 16.4. The van der Waals surface area contributed by atoms with Gasteiger partial charge in [0, 0.05) is 37.6 Å². The number of aromatic nitrogens is 2. The van der Waals surface area contributed by atoms with Crippen molar-refractivity contribution in [3.63, 3.8) is 0 Å². The number of ether oxygens (including phenoxy) is 1. The van der Waals surface area contributed by atoms with Gasteiger partial charge in [-0.25, -0.2) is 4.98 Å². The Morgan fingerprint density at radius 2 is 1.79 bits per heavy atom. The molecule has 2 aromatic heterocycles. The number of pyridine rings is 2. The Morgan fingerprint density at radius 3 is 2.54 bits per heavy atom. The lowest BCUT2D eigenvalue weighted by Gasteiger charge is -2.28. The second-order valence-electron chi connectivity index (χ2n) is 5.86. The van der Waals surface area contributed by atoms with Crippen LogP contribution in [0.2, 0.25) is 0 Å². The number of hydrogen-bond acceptors (Lipinski definition) is 5. The molecule has 0 radical (unpaired) electrons. The molecule has 122 valence electrons. The minimum atomic E-state index is 0.589. The second-order valence-corrected chi connectivity index (χ2v) is 5.86. The maximum atomic E-state index is 5.40. The summed E-state index contributed by atoms with van der Waals surface area (Å²) in [7, 11) is 1.64. The summed E-state index contributed by atoms with van der Waals surface area (Å²) in [6.45, 7) is 3.91. The molecule has 1 saturated heterocycles. The van der Waals surface area contributed by atoms with E-state index in [0.29, 0.717) is 5.88 Å². The summed E-state index contributed by atoms with van der Waals surface area (Å²) >= 11 is 0. The third kappa shape index (κ3) is 2.78. The number of nitrogens with one attached hydrogen (secondary N) is 1. The lowest BCUT2D eigenvalue weighted by molar-refractivity contribution is 0.399. The van der Waals surface area contributed by atoms with E-state index in [1.807, 2.05) is 24.3 Å². The van der Waals surface area contributed by atoms with Gasteiger partial charge in [-0.3, -0.25) is 0 Å². The highest BCUT2D eigenvalue weighted by molar-refractivity contribution is 5.94. The number of methoxy groups -OCH3 is 1. The molecule has 0 aliphatic carbocycles. The summed E-state index contributed by atoms with van der Waals surface area (Å²) in [5.74, 6) is 1.56. The molecular weight excluding hydrogens is 300 g/mol. The van der Waals surface area contributed by atoms with E-state index in [0.717, 1.165) is 54.2 Å². The highest BCUT2D eigenvalue weighted by Gasteiger charge is 2.15. The summed E-state index contributed by atoms with van der Waals surface area (Å²) in [6.07, 6.45) is 0. The topological polar surface area (TPSA) is 50.3 Å². The predicted octanol–water partition coefficient (Wildman–Crippen LogP) is 2.72. The molecule has 1 aliphatic rings. The van der Waals surface area contributed by atoms with Crippen molar-refractivity contribution >= 4 is 16.9 Å². The third-order valence-electron chi connectivity index (χ3n) is 4.37. The van der Waals surface area contributed by atoms with Crippen molar-refractivity contribution in [1.82, 2.24) is 15.3 Å². The molecular formula is C19H20N4O. The van der Waals surface area contributed by atoms with Crippen LogP contribution in [0.4, 0.5) is 5.82 Å². The maximum absolute atomic E-state index is 5.40. The van der Waals surface area contributed by atoms with Gasteiger partial charge in [0.1, 0.15) is 5.82 Å². The second kappa shape index (κ2) is 6.45. The van der Waals surface area contributed by atoms with Gasteiger partial charge in [-0.1, -0.05) is 30.3 Å². The summed E-state index contributed by atoms with van der Waals surface area (Å²) in [4.78, 5) is 11.7. The first-order valence-electron chi connectivity index (χ1n) is 8.22. The number of nitrogens with zero attached hydrogens (tertiary/aromatic N) is 3. The molecule has 24 heavy (non-hydrogen) atoms. The van der Waals surface area contributed by atoms with Crippen molar-refractivity contribution in [2.24, 2.45) is 0 Å². The molecule has 0 bridgehead atoms. The Kier molecular flexibility index (Phi) is 4.01. The van der Waals surface area contributed by atoms with E-state index in [9.17, 15) is 0 Å². The van der Waals surface area contributed by atoms with Crippen molar-refractivity contribution in [3.8, 4) is 17.0 Å². The van der Waals surface area contributed by atoms with Gasteiger partial charge in [0.15, 0.2) is 5.65 Å². The van der Waals surface area contributed by atoms with E-state index < -0.39 is 0 Å². The smallest absolute Gasteiger partial charge is 0.215 e. The van der Waals surface area contributed by atoms with Crippen LogP contribution in [0.25, 0.3) is 22.2 Å². The molecule has 1 aliphatic heterocycles. The van der Waals surface area contributed by atoms with Crippen LogP contribution in [-0.4, -0.2) is 43.3 Å². The van der Waals surface area contributed by atoms with Gasteiger partial charge in [-0.2, -0.15) is 4.98 Å². The third-order valence-corrected chi connectivity index (χ3v) is 4.37. The minimum absolute atomic E-state index is 0.589. The van der Waals surface area contributed by atoms with E-state index in [4.69, 9.17) is 9.72 Å². The first-order chi connectivity index (χ1) is 11.8. The van der Waals surface area contributed by atoms with E-state index in [1.165, 1.54) is 0 Å². The molecule has 5 heteroatoms. The molecule has 0 amide bonds. The van der Waals surface area contributed by atoms with E-state index in [-0.39, 0.29) is 0 Å². The summed E-state index contributed by atoms with van der Waals surface area (Å²) < 4.78 is 5.40. The van der Waals surface area contributed by atoms with Crippen LogP contribution in [0.3, 0.4) is 0 Å². The molecule has 5 nitrogen and oxygen atoms in total. The van der Waals surface area contributed by atoms with Crippen LogP contribution >= 0.6 is 0 Å². The number of rotatable bonds is 3. The number of fused-ring (bicyclic) bond motifs is 1. The number of piperazine rings is 1. The summed E-state index contributed by atoms with van der Waals surface area (Å²) in [5.41, 5.74) is 2.96. The normalized spacial score (nSPS) is 14.8. The number of anilines is 1. The van der Waals surface area contributed by atoms with Crippen LogP contribution < -0.4 is 15.0 Å². The van der Waals surface area contributed by atoms with Crippen LogP contribution in [0, 0.1) is 0 Å². The average Bonchev–Trinajstić information content (AvgIpc) is 2.68. The zero-order valence-electron chi connectivity index (χ0n) is 13.7. The highest BCUT2D eigenvalue weighted by Crippen LogP contribution is 2.31. The first-order valence-corrected chi connectivity index (χ1v) is 8.22. The van der Waals surface area contributed by atoms with Gasteiger partial charge in [0.05, 0.1) is 7.11 Å². The van der Waals surface area contributed by atoms with Gasteiger partial charge >= 0.3 is 0 Å². The Balaban J connectivity index is 1.84. The van der Waals surface area contributed by atoms with Crippen LogP contribution in [0.15, 0.2) is 48.5 Å². The van der Waals surface area contributed by atoms with Crippen LogP contribution in [-0.2, 0) is 0 Å². The van der Waals surface area contributed by atoms with Crippen LogP contribution in [0.1, 0.15) is 0 Å². The van der Waals surface area contributed by atoms with Gasteiger partial charge < -0.3 is 15.0 Å². The lowest BCUT2D eigenvalue weighted by Crippen LogP contribution is -2.43. The Labute approximate surface area is 141 Å². The fourth-order valence-electron chi connectivity index (χ4n) is 3.10. The maximum Gasteiger partial charge on any atom is 0.215 e. The zero-order valence-corrected chi connectivity index (χ0v) is 13.7.